The third-order valence-electron chi connectivity index (χ3n) is 3.37. The molecule has 0 atom stereocenters. The van der Waals surface area contributed by atoms with E-state index in [-0.39, 0.29) is 5.56 Å². The van der Waals surface area contributed by atoms with Gasteiger partial charge in [0, 0.05) is 25.5 Å². The van der Waals surface area contributed by atoms with Crippen molar-refractivity contribution >= 4 is 17.7 Å². The Morgan fingerprint density at radius 3 is 2.58 bits per heavy atom. The fourth-order valence-electron chi connectivity index (χ4n) is 2.22. The number of ether oxygens (including phenoxy) is 1. The first-order chi connectivity index (χ1) is 12.2. The van der Waals surface area contributed by atoms with E-state index in [1.807, 2.05) is 6.07 Å². The molecule has 1 aromatic heterocycles. The number of hydrogen-bond acceptors (Lipinski definition) is 4. The van der Waals surface area contributed by atoms with Crippen LogP contribution in [0.5, 0.6) is 0 Å². The predicted octanol–water partition coefficient (Wildman–Crippen LogP) is 2.99. The Hall–Kier alpha value is -3.09. The molecule has 2 aromatic rings. The van der Waals surface area contributed by atoms with Crippen LogP contribution in [0.15, 0.2) is 47.4 Å². The molecular formula is C19H23N3O4. The summed E-state index contributed by atoms with van der Waals surface area (Å²) in [7, 11) is 1.64. The first-order valence-corrected chi connectivity index (χ1v) is 8.18. The fourth-order valence-corrected chi connectivity index (χ4v) is 2.22. The lowest BCUT2D eigenvalue weighted by Gasteiger charge is -2.24. The highest BCUT2D eigenvalue weighted by molar-refractivity contribution is 6.03. The van der Waals surface area contributed by atoms with Crippen molar-refractivity contribution in [3.8, 4) is 0 Å². The van der Waals surface area contributed by atoms with Crippen LogP contribution < -0.4 is 10.9 Å². The molecule has 0 saturated heterocycles. The van der Waals surface area contributed by atoms with Crippen molar-refractivity contribution in [1.82, 2.24) is 9.88 Å². The van der Waals surface area contributed by atoms with Crippen molar-refractivity contribution in [1.29, 1.82) is 0 Å². The molecule has 2 amide bonds. The van der Waals surface area contributed by atoms with Crippen molar-refractivity contribution in [2.45, 2.75) is 32.9 Å². The first-order valence-electron chi connectivity index (χ1n) is 8.18. The number of H-pyrrole nitrogens is 1. The highest BCUT2D eigenvalue weighted by Gasteiger charge is 2.19. The summed E-state index contributed by atoms with van der Waals surface area (Å²) >= 11 is 0. The maximum Gasteiger partial charge on any atom is 0.410 e. The normalized spacial score (nSPS) is 10.9. The molecule has 2 N–H and O–H groups in total. The summed E-state index contributed by atoms with van der Waals surface area (Å²) in [6.45, 7) is 5.74. The zero-order valence-electron chi connectivity index (χ0n) is 15.3. The van der Waals surface area contributed by atoms with Gasteiger partial charge in [-0.1, -0.05) is 12.1 Å². The minimum atomic E-state index is -0.566. The van der Waals surface area contributed by atoms with Gasteiger partial charge in [0.05, 0.1) is 0 Å². The van der Waals surface area contributed by atoms with Crippen LogP contribution in [0.3, 0.4) is 0 Å². The van der Waals surface area contributed by atoms with Gasteiger partial charge < -0.3 is 19.9 Å². The second-order valence-corrected chi connectivity index (χ2v) is 6.90. The highest BCUT2D eigenvalue weighted by Crippen LogP contribution is 2.15. The monoisotopic (exact) mass is 357 g/mol. The molecule has 0 radical (unpaired) electrons. The van der Waals surface area contributed by atoms with Gasteiger partial charge in [-0.25, -0.2) is 4.79 Å². The number of carbonyl (C=O) groups is 2. The van der Waals surface area contributed by atoms with E-state index >= 15 is 0 Å². The topological polar surface area (TPSA) is 91.5 Å². The van der Waals surface area contributed by atoms with Gasteiger partial charge in [0.25, 0.3) is 11.5 Å². The number of rotatable bonds is 4. The summed E-state index contributed by atoms with van der Waals surface area (Å²) in [5, 5.41) is 2.69. The standard InChI is InChI=1S/C19H23N3O4/c1-19(2,3)26-18(25)22(4)12-13-7-5-8-14(11-13)21-17(24)15-9-6-10-20-16(15)23/h5-11H,12H2,1-4H3,(H,20,23)(H,21,24). The average Bonchev–Trinajstić information content (AvgIpc) is 2.54. The molecule has 0 aliphatic heterocycles. The zero-order valence-corrected chi connectivity index (χ0v) is 15.3. The number of carbonyl (C=O) groups excluding carboxylic acids is 2. The number of amides is 2. The molecule has 0 aliphatic carbocycles. The smallest absolute Gasteiger partial charge is 0.410 e. The Bertz CT molecular complexity index is 852. The lowest BCUT2D eigenvalue weighted by atomic mass is 10.1. The molecule has 0 unspecified atom stereocenters. The van der Waals surface area contributed by atoms with Crippen molar-refractivity contribution in [2.75, 3.05) is 12.4 Å². The number of aromatic nitrogens is 1. The zero-order chi connectivity index (χ0) is 19.3. The number of hydrogen-bond donors (Lipinski definition) is 2. The molecule has 1 aromatic carbocycles. The average molecular weight is 357 g/mol. The highest BCUT2D eigenvalue weighted by atomic mass is 16.6. The van der Waals surface area contributed by atoms with Crippen molar-refractivity contribution in [2.24, 2.45) is 0 Å². The quantitative estimate of drug-likeness (QED) is 0.880. The SMILES string of the molecule is CN(Cc1cccc(NC(=O)c2ccc[nH]c2=O)c1)C(=O)OC(C)(C)C. The fraction of sp³-hybridized carbons (Fsp3) is 0.316. The van der Waals surface area contributed by atoms with Crippen LogP contribution in [0.2, 0.25) is 0 Å². The van der Waals surface area contributed by atoms with Gasteiger partial charge in [0.2, 0.25) is 0 Å². The van der Waals surface area contributed by atoms with E-state index in [4.69, 9.17) is 4.74 Å². The Labute approximate surface area is 152 Å². The Morgan fingerprint density at radius 1 is 1.19 bits per heavy atom. The Kier molecular flexibility index (Phi) is 5.82. The molecule has 0 aliphatic rings. The van der Waals surface area contributed by atoms with Crippen LogP contribution >= 0.6 is 0 Å². The van der Waals surface area contributed by atoms with E-state index in [1.165, 1.54) is 17.2 Å². The molecule has 7 nitrogen and oxygen atoms in total. The predicted molar refractivity (Wildman–Crippen MR) is 99.2 cm³/mol. The van der Waals surface area contributed by atoms with E-state index in [1.54, 1.807) is 52.1 Å². The first kappa shape index (κ1) is 19.2. The molecule has 26 heavy (non-hydrogen) atoms. The van der Waals surface area contributed by atoms with Gasteiger partial charge in [-0.3, -0.25) is 9.59 Å². The number of nitrogens with one attached hydrogen (secondary N) is 2. The van der Waals surface area contributed by atoms with E-state index in [0.717, 1.165) is 5.56 Å². The van der Waals surface area contributed by atoms with Crippen LogP contribution in [-0.2, 0) is 11.3 Å². The van der Waals surface area contributed by atoms with Crippen molar-refractivity contribution < 1.29 is 14.3 Å². The third-order valence-corrected chi connectivity index (χ3v) is 3.37. The molecule has 0 spiro atoms. The molecule has 1 heterocycles. The summed E-state index contributed by atoms with van der Waals surface area (Å²) < 4.78 is 5.32. The second kappa shape index (κ2) is 7.86. The Morgan fingerprint density at radius 2 is 1.92 bits per heavy atom. The van der Waals surface area contributed by atoms with Gasteiger partial charge in [0.15, 0.2) is 0 Å². The van der Waals surface area contributed by atoms with Gasteiger partial charge in [-0.05, 0) is 50.6 Å². The summed E-state index contributed by atoms with van der Waals surface area (Å²) in [6, 6.07) is 10.1. The van der Waals surface area contributed by atoms with Gasteiger partial charge in [-0.15, -0.1) is 0 Å². The lowest BCUT2D eigenvalue weighted by molar-refractivity contribution is 0.0285. The number of benzene rings is 1. The van der Waals surface area contributed by atoms with Crippen LogP contribution in [0.1, 0.15) is 36.7 Å². The molecule has 7 heteroatoms. The van der Waals surface area contributed by atoms with Gasteiger partial charge in [0.1, 0.15) is 11.2 Å². The molecule has 0 bridgehead atoms. The van der Waals surface area contributed by atoms with E-state index in [0.29, 0.717) is 12.2 Å². The number of pyridine rings is 1. The summed E-state index contributed by atoms with van der Waals surface area (Å²) in [4.78, 5) is 39.9. The van der Waals surface area contributed by atoms with Crippen molar-refractivity contribution in [3.05, 3.63) is 64.1 Å². The van der Waals surface area contributed by atoms with Crippen LogP contribution in [0, 0.1) is 0 Å². The van der Waals surface area contributed by atoms with Crippen LogP contribution in [0.4, 0.5) is 10.5 Å². The third kappa shape index (κ3) is 5.47. The number of nitrogens with zero attached hydrogens (tertiary/aromatic N) is 1. The molecule has 0 fully saturated rings. The minimum Gasteiger partial charge on any atom is -0.444 e. The summed E-state index contributed by atoms with van der Waals surface area (Å²) in [6.07, 6.45) is 1.04. The molecule has 138 valence electrons. The van der Waals surface area contributed by atoms with Gasteiger partial charge >= 0.3 is 6.09 Å². The molecule has 0 saturated carbocycles. The number of anilines is 1. The second-order valence-electron chi connectivity index (χ2n) is 6.90. The lowest BCUT2D eigenvalue weighted by Crippen LogP contribution is -2.33. The van der Waals surface area contributed by atoms with E-state index < -0.39 is 23.2 Å². The van der Waals surface area contributed by atoms with Crippen LogP contribution in [-0.4, -0.2) is 34.5 Å². The Balaban J connectivity index is 2.06. The summed E-state index contributed by atoms with van der Waals surface area (Å²) in [5.41, 5.74) is 0.366. The van der Waals surface area contributed by atoms with Gasteiger partial charge in [-0.2, -0.15) is 0 Å². The largest absolute Gasteiger partial charge is 0.444 e. The molecule has 2 rings (SSSR count). The molecular weight excluding hydrogens is 334 g/mol. The van der Waals surface area contributed by atoms with E-state index in [2.05, 4.69) is 10.3 Å². The van der Waals surface area contributed by atoms with E-state index in [9.17, 15) is 14.4 Å². The number of aromatic amines is 1. The summed E-state index contributed by atoms with van der Waals surface area (Å²) in [5.74, 6) is -0.496. The maximum atomic E-state index is 12.2. The van der Waals surface area contributed by atoms with Crippen LogP contribution in [0.25, 0.3) is 0 Å². The minimum absolute atomic E-state index is 0.0313. The maximum absolute atomic E-state index is 12.2. The van der Waals surface area contributed by atoms with Crippen molar-refractivity contribution in [3.63, 3.8) is 0 Å².